The maximum absolute atomic E-state index is 6.63. The fraction of sp³-hybridized carbons (Fsp3) is 0.200. The van der Waals surface area contributed by atoms with Crippen LogP contribution < -0.4 is 4.74 Å². The summed E-state index contributed by atoms with van der Waals surface area (Å²) in [6, 6.07) is 9.49. The van der Waals surface area contributed by atoms with Gasteiger partial charge in [-0.2, -0.15) is 0 Å². The Bertz CT molecular complexity index is 644. The first-order valence-electron chi connectivity index (χ1n) is 5.87. The van der Waals surface area contributed by atoms with Crippen LogP contribution in [0.25, 0.3) is 0 Å². The highest BCUT2D eigenvalue weighted by Gasteiger charge is 2.19. The summed E-state index contributed by atoms with van der Waals surface area (Å²) >= 11 is 19.8. The van der Waals surface area contributed by atoms with Crippen LogP contribution in [0.5, 0.6) is 5.75 Å². The Balaban J connectivity index is 2.54. The van der Waals surface area contributed by atoms with Gasteiger partial charge in [0, 0.05) is 19.5 Å². The molecule has 0 aliphatic carbocycles. The van der Waals surface area contributed by atoms with Crippen LogP contribution in [0.3, 0.4) is 0 Å². The van der Waals surface area contributed by atoms with Gasteiger partial charge in [-0.15, -0.1) is 11.6 Å². The van der Waals surface area contributed by atoms with Gasteiger partial charge in [0.15, 0.2) is 0 Å². The average Bonchev–Trinajstić information content (AvgIpc) is 2.42. The summed E-state index contributed by atoms with van der Waals surface area (Å²) in [5, 5.41) is 0.281. The number of benzene rings is 2. The molecule has 0 radical (unpaired) electrons. The summed E-state index contributed by atoms with van der Waals surface area (Å²) in [7, 11) is 1.62. The molecule has 5 heteroatoms. The van der Waals surface area contributed by atoms with E-state index in [0.29, 0.717) is 5.02 Å². The SMILES string of the molecule is COc1ccc(Cl)cc1C(Cl)c1cc(Br)c(C)cc1Br. The number of halogens is 4. The molecule has 2 aromatic carbocycles. The van der Waals surface area contributed by atoms with E-state index in [2.05, 4.69) is 31.9 Å². The van der Waals surface area contributed by atoms with Crippen molar-refractivity contribution in [1.29, 1.82) is 0 Å². The van der Waals surface area contributed by atoms with E-state index in [4.69, 9.17) is 27.9 Å². The van der Waals surface area contributed by atoms with Gasteiger partial charge in [-0.05, 0) is 48.4 Å². The molecule has 106 valence electrons. The first-order chi connectivity index (χ1) is 9.43. The normalized spacial score (nSPS) is 12.3. The van der Waals surface area contributed by atoms with E-state index < -0.39 is 0 Å². The van der Waals surface area contributed by atoms with Crippen molar-refractivity contribution in [2.45, 2.75) is 12.3 Å². The Morgan fingerprint density at radius 2 is 1.75 bits per heavy atom. The third-order valence-electron chi connectivity index (χ3n) is 3.02. The van der Waals surface area contributed by atoms with Crippen LogP contribution in [0.4, 0.5) is 0 Å². The molecule has 1 atom stereocenters. The van der Waals surface area contributed by atoms with Gasteiger partial charge < -0.3 is 4.74 Å². The number of hydrogen-bond donors (Lipinski definition) is 0. The second-order valence-corrected chi connectivity index (χ2v) is 6.95. The number of aryl methyl sites for hydroxylation is 1. The summed E-state index contributed by atoms with van der Waals surface area (Å²) in [6.45, 7) is 2.03. The molecule has 0 N–H and O–H groups in total. The minimum atomic E-state index is -0.352. The minimum absolute atomic E-state index is 0.352. The van der Waals surface area contributed by atoms with Gasteiger partial charge in [-0.3, -0.25) is 0 Å². The first-order valence-corrected chi connectivity index (χ1v) is 8.27. The van der Waals surface area contributed by atoms with Crippen LogP contribution in [0.15, 0.2) is 39.3 Å². The summed E-state index contributed by atoms with van der Waals surface area (Å²) in [6.07, 6.45) is 0. The summed E-state index contributed by atoms with van der Waals surface area (Å²) in [5.74, 6) is 0.720. The number of rotatable bonds is 3. The predicted octanol–water partition coefficient (Wildman–Crippen LogP) is 6.51. The van der Waals surface area contributed by atoms with Gasteiger partial charge in [0.05, 0.1) is 12.5 Å². The summed E-state index contributed by atoms with van der Waals surface area (Å²) in [5.41, 5.74) is 2.95. The van der Waals surface area contributed by atoms with E-state index in [-0.39, 0.29) is 5.38 Å². The van der Waals surface area contributed by atoms with E-state index >= 15 is 0 Å². The van der Waals surface area contributed by atoms with Crippen molar-refractivity contribution < 1.29 is 4.74 Å². The highest BCUT2D eigenvalue weighted by Crippen LogP contribution is 2.41. The van der Waals surface area contributed by atoms with Crippen LogP contribution >= 0.6 is 55.1 Å². The van der Waals surface area contributed by atoms with Crippen molar-refractivity contribution in [3.05, 3.63) is 61.0 Å². The summed E-state index contributed by atoms with van der Waals surface area (Å²) < 4.78 is 7.34. The highest BCUT2D eigenvalue weighted by atomic mass is 79.9. The predicted molar refractivity (Wildman–Crippen MR) is 92.3 cm³/mol. The quantitative estimate of drug-likeness (QED) is 0.496. The molecule has 0 aliphatic rings. The van der Waals surface area contributed by atoms with Gasteiger partial charge in [0.2, 0.25) is 0 Å². The fourth-order valence-electron chi connectivity index (χ4n) is 1.93. The smallest absolute Gasteiger partial charge is 0.123 e. The van der Waals surface area contributed by atoms with Crippen LogP contribution in [0.1, 0.15) is 22.1 Å². The van der Waals surface area contributed by atoms with Gasteiger partial charge in [0.1, 0.15) is 5.75 Å². The molecule has 0 aromatic heterocycles. The second-order valence-electron chi connectivity index (χ2n) is 4.37. The molecule has 2 rings (SSSR count). The molecule has 0 amide bonds. The van der Waals surface area contributed by atoms with Crippen LogP contribution in [-0.4, -0.2) is 7.11 Å². The number of alkyl halides is 1. The molecule has 0 saturated carbocycles. The van der Waals surface area contributed by atoms with Crippen LogP contribution in [0, 0.1) is 6.92 Å². The highest BCUT2D eigenvalue weighted by molar-refractivity contribution is 9.11. The first kappa shape index (κ1) is 16.2. The lowest BCUT2D eigenvalue weighted by molar-refractivity contribution is 0.410. The molecule has 1 nitrogen and oxygen atoms in total. The van der Waals surface area contributed by atoms with Crippen molar-refractivity contribution in [3.8, 4) is 5.75 Å². The molecule has 0 fully saturated rings. The van der Waals surface area contributed by atoms with Gasteiger partial charge in [0.25, 0.3) is 0 Å². The van der Waals surface area contributed by atoms with Gasteiger partial charge in [-0.25, -0.2) is 0 Å². The number of hydrogen-bond acceptors (Lipinski definition) is 1. The Morgan fingerprint density at radius 3 is 2.40 bits per heavy atom. The zero-order valence-electron chi connectivity index (χ0n) is 10.9. The Kier molecular flexibility index (Phi) is 5.41. The molecular formula is C15H12Br2Cl2O. The molecule has 2 aromatic rings. The zero-order valence-corrected chi connectivity index (χ0v) is 15.6. The molecule has 0 spiro atoms. The molecule has 0 saturated heterocycles. The van der Waals surface area contributed by atoms with Crippen molar-refractivity contribution in [2.24, 2.45) is 0 Å². The molecule has 1 unspecified atom stereocenters. The third kappa shape index (κ3) is 3.33. The maximum Gasteiger partial charge on any atom is 0.123 e. The van der Waals surface area contributed by atoms with E-state index in [9.17, 15) is 0 Å². The van der Waals surface area contributed by atoms with Crippen LogP contribution in [-0.2, 0) is 0 Å². The molecular weight excluding hydrogens is 427 g/mol. The lowest BCUT2D eigenvalue weighted by Gasteiger charge is -2.17. The monoisotopic (exact) mass is 436 g/mol. The number of methoxy groups -OCH3 is 1. The fourth-order valence-corrected chi connectivity index (χ4v) is 3.64. The molecule has 0 aliphatic heterocycles. The van der Waals surface area contributed by atoms with Crippen molar-refractivity contribution in [3.63, 3.8) is 0 Å². The van der Waals surface area contributed by atoms with Gasteiger partial charge >= 0.3 is 0 Å². The molecule has 0 heterocycles. The standard InChI is InChI=1S/C15H12Br2Cl2O/c1-8-5-13(17)10(7-12(8)16)15(19)11-6-9(18)3-4-14(11)20-2/h3-7,15H,1-2H3. The summed E-state index contributed by atoms with van der Waals surface area (Å²) in [4.78, 5) is 0. The van der Waals surface area contributed by atoms with E-state index in [1.54, 1.807) is 13.2 Å². The lowest BCUT2D eigenvalue weighted by Crippen LogP contribution is -1.99. The number of ether oxygens (including phenoxy) is 1. The maximum atomic E-state index is 6.63. The Morgan fingerprint density at radius 1 is 1.05 bits per heavy atom. The third-order valence-corrected chi connectivity index (χ3v) is 5.26. The largest absolute Gasteiger partial charge is 0.496 e. The van der Waals surface area contributed by atoms with Crippen molar-refractivity contribution >= 4 is 55.1 Å². The average molecular weight is 439 g/mol. The van der Waals surface area contributed by atoms with E-state index in [1.165, 1.54) is 0 Å². The molecule has 0 bridgehead atoms. The van der Waals surface area contributed by atoms with Crippen molar-refractivity contribution in [1.82, 2.24) is 0 Å². The van der Waals surface area contributed by atoms with E-state index in [1.807, 2.05) is 31.2 Å². The Labute approximate surface area is 145 Å². The molecule has 20 heavy (non-hydrogen) atoms. The van der Waals surface area contributed by atoms with Crippen molar-refractivity contribution in [2.75, 3.05) is 7.11 Å². The van der Waals surface area contributed by atoms with E-state index in [0.717, 1.165) is 31.4 Å². The second kappa shape index (κ2) is 6.69. The van der Waals surface area contributed by atoms with Crippen LogP contribution in [0.2, 0.25) is 5.02 Å². The zero-order chi connectivity index (χ0) is 14.9. The minimum Gasteiger partial charge on any atom is -0.496 e. The Hall–Kier alpha value is -0.220. The van der Waals surface area contributed by atoms with Gasteiger partial charge in [-0.1, -0.05) is 43.5 Å². The lowest BCUT2D eigenvalue weighted by atomic mass is 10.0. The topological polar surface area (TPSA) is 9.23 Å².